The lowest BCUT2D eigenvalue weighted by Gasteiger charge is -2.14. The van der Waals surface area contributed by atoms with E-state index in [0.29, 0.717) is 0 Å². The zero-order valence-electron chi connectivity index (χ0n) is 6.28. The van der Waals surface area contributed by atoms with Gasteiger partial charge in [0.15, 0.2) is 0 Å². The third-order valence-corrected chi connectivity index (χ3v) is 2.96. The van der Waals surface area contributed by atoms with Crippen LogP contribution in [0.25, 0.3) is 0 Å². The summed E-state index contributed by atoms with van der Waals surface area (Å²) in [5.41, 5.74) is -1.26. The van der Waals surface area contributed by atoms with Crippen LogP contribution >= 0.6 is 23.5 Å². The standard InChI is InChI=1S/C6H14O2S2/c1-3-9-5(7)6(8)10-4-2/h5-8H,3-4H2,1-2H3. The van der Waals surface area contributed by atoms with Gasteiger partial charge in [0.05, 0.1) is 0 Å². The minimum Gasteiger partial charge on any atom is -0.379 e. The molecule has 0 bridgehead atoms. The van der Waals surface area contributed by atoms with E-state index in [1.807, 2.05) is 13.8 Å². The van der Waals surface area contributed by atoms with Crippen LogP contribution in [0.2, 0.25) is 0 Å². The lowest BCUT2D eigenvalue weighted by Crippen LogP contribution is -2.19. The summed E-state index contributed by atoms with van der Waals surface area (Å²) in [6.07, 6.45) is 0. The Balaban J connectivity index is 3.38. The van der Waals surface area contributed by atoms with Crippen molar-refractivity contribution in [3.05, 3.63) is 0 Å². The van der Waals surface area contributed by atoms with Crippen molar-refractivity contribution < 1.29 is 10.2 Å². The van der Waals surface area contributed by atoms with Crippen LogP contribution in [-0.4, -0.2) is 32.6 Å². The maximum absolute atomic E-state index is 9.14. The third-order valence-electron chi connectivity index (χ3n) is 0.919. The number of aliphatic hydroxyl groups excluding tert-OH is 2. The largest absolute Gasteiger partial charge is 0.379 e. The Morgan fingerprint density at radius 2 is 1.30 bits per heavy atom. The molecule has 0 aliphatic carbocycles. The molecule has 62 valence electrons. The molecule has 2 atom stereocenters. The van der Waals surface area contributed by atoms with Crippen LogP contribution in [0.4, 0.5) is 0 Å². The maximum atomic E-state index is 9.14. The topological polar surface area (TPSA) is 40.5 Å². The Morgan fingerprint density at radius 1 is 1.00 bits per heavy atom. The molecular formula is C6H14O2S2. The summed E-state index contributed by atoms with van der Waals surface area (Å²) in [5, 5.41) is 18.3. The van der Waals surface area contributed by atoms with Crippen molar-refractivity contribution in [2.45, 2.75) is 24.7 Å². The molecule has 4 heteroatoms. The van der Waals surface area contributed by atoms with Crippen LogP contribution in [0.3, 0.4) is 0 Å². The first-order valence-corrected chi connectivity index (χ1v) is 5.41. The SMILES string of the molecule is CCSC(O)C(O)SCC. The highest BCUT2D eigenvalue weighted by Crippen LogP contribution is 2.19. The van der Waals surface area contributed by atoms with Crippen molar-refractivity contribution in [1.82, 2.24) is 0 Å². The lowest BCUT2D eigenvalue weighted by atomic mass is 10.8. The third kappa shape index (κ3) is 4.44. The van der Waals surface area contributed by atoms with Crippen molar-refractivity contribution in [2.24, 2.45) is 0 Å². The Morgan fingerprint density at radius 3 is 1.50 bits per heavy atom. The molecule has 0 aromatic carbocycles. The zero-order valence-corrected chi connectivity index (χ0v) is 7.91. The fraction of sp³-hybridized carbons (Fsp3) is 1.00. The summed E-state index contributed by atoms with van der Waals surface area (Å²) in [6.45, 7) is 3.91. The normalized spacial score (nSPS) is 16.8. The van der Waals surface area contributed by atoms with Gasteiger partial charge < -0.3 is 10.2 Å². The van der Waals surface area contributed by atoms with Crippen molar-refractivity contribution in [3.8, 4) is 0 Å². The van der Waals surface area contributed by atoms with Gasteiger partial charge >= 0.3 is 0 Å². The van der Waals surface area contributed by atoms with Gasteiger partial charge in [0.2, 0.25) is 0 Å². The Hall–Kier alpha value is 0.620. The number of hydrogen-bond donors (Lipinski definition) is 2. The summed E-state index contributed by atoms with van der Waals surface area (Å²) in [5.74, 6) is 1.67. The van der Waals surface area contributed by atoms with E-state index in [1.165, 1.54) is 23.5 Å². The Kier molecular flexibility index (Phi) is 6.73. The van der Waals surface area contributed by atoms with E-state index in [-0.39, 0.29) is 0 Å². The summed E-state index contributed by atoms with van der Waals surface area (Å²) in [4.78, 5) is 0. The van der Waals surface area contributed by atoms with Crippen LogP contribution in [0.5, 0.6) is 0 Å². The Labute approximate surface area is 70.4 Å². The fourth-order valence-corrected chi connectivity index (χ4v) is 1.99. The van der Waals surface area contributed by atoms with E-state index >= 15 is 0 Å². The molecule has 2 unspecified atom stereocenters. The van der Waals surface area contributed by atoms with Crippen LogP contribution in [0.1, 0.15) is 13.8 Å². The smallest absolute Gasteiger partial charge is 0.135 e. The first kappa shape index (κ1) is 10.6. The van der Waals surface area contributed by atoms with Gasteiger partial charge in [-0.3, -0.25) is 0 Å². The van der Waals surface area contributed by atoms with Crippen LogP contribution in [0.15, 0.2) is 0 Å². The van der Waals surface area contributed by atoms with E-state index in [0.717, 1.165) is 11.5 Å². The van der Waals surface area contributed by atoms with Crippen molar-refractivity contribution in [1.29, 1.82) is 0 Å². The van der Waals surface area contributed by atoms with E-state index in [9.17, 15) is 0 Å². The summed E-state index contributed by atoms with van der Waals surface area (Å²) in [7, 11) is 0. The predicted octanol–water partition coefficient (Wildman–Crippen LogP) is 1.13. The highest BCUT2D eigenvalue weighted by atomic mass is 32.2. The molecule has 2 N–H and O–H groups in total. The first-order valence-electron chi connectivity index (χ1n) is 3.31. The van der Waals surface area contributed by atoms with E-state index < -0.39 is 10.9 Å². The van der Waals surface area contributed by atoms with Gasteiger partial charge in [0, 0.05) is 0 Å². The molecule has 0 fully saturated rings. The zero-order chi connectivity index (χ0) is 7.98. The highest BCUT2D eigenvalue weighted by molar-refractivity contribution is 8.03. The van der Waals surface area contributed by atoms with Crippen LogP contribution in [-0.2, 0) is 0 Å². The molecule has 0 amide bonds. The maximum Gasteiger partial charge on any atom is 0.135 e. The fourth-order valence-electron chi connectivity index (χ4n) is 0.506. The predicted molar refractivity (Wildman–Crippen MR) is 48.3 cm³/mol. The number of thioether (sulfide) groups is 2. The molecule has 10 heavy (non-hydrogen) atoms. The van der Waals surface area contributed by atoms with Gasteiger partial charge in [0.1, 0.15) is 10.9 Å². The average Bonchev–Trinajstić information content (AvgIpc) is 1.89. The minimum absolute atomic E-state index is 0.630. The molecular weight excluding hydrogens is 168 g/mol. The van der Waals surface area contributed by atoms with Gasteiger partial charge in [0.25, 0.3) is 0 Å². The molecule has 0 saturated heterocycles. The molecule has 0 aromatic rings. The molecule has 0 spiro atoms. The second-order valence-corrected chi connectivity index (χ2v) is 4.48. The van der Waals surface area contributed by atoms with Crippen LogP contribution in [0, 0.1) is 0 Å². The summed E-state index contributed by atoms with van der Waals surface area (Å²) < 4.78 is 0. The molecule has 0 saturated carbocycles. The van der Waals surface area contributed by atoms with Crippen molar-refractivity contribution in [2.75, 3.05) is 11.5 Å². The highest BCUT2D eigenvalue weighted by Gasteiger charge is 2.14. The molecule has 0 aliphatic rings. The van der Waals surface area contributed by atoms with Crippen LogP contribution < -0.4 is 0 Å². The van der Waals surface area contributed by atoms with Gasteiger partial charge in [-0.1, -0.05) is 13.8 Å². The molecule has 0 rings (SSSR count). The van der Waals surface area contributed by atoms with E-state index in [1.54, 1.807) is 0 Å². The van der Waals surface area contributed by atoms with Gasteiger partial charge in [-0.05, 0) is 11.5 Å². The summed E-state index contributed by atoms with van der Waals surface area (Å²) >= 11 is 2.73. The number of rotatable bonds is 5. The molecule has 0 aromatic heterocycles. The first-order chi connectivity index (χ1) is 4.72. The van der Waals surface area contributed by atoms with Gasteiger partial charge in [-0.15, -0.1) is 23.5 Å². The van der Waals surface area contributed by atoms with Crippen molar-refractivity contribution >= 4 is 23.5 Å². The second-order valence-electron chi connectivity index (χ2n) is 1.69. The van der Waals surface area contributed by atoms with Gasteiger partial charge in [-0.2, -0.15) is 0 Å². The minimum atomic E-state index is -0.630. The molecule has 0 radical (unpaired) electrons. The quantitative estimate of drug-likeness (QED) is 0.625. The van der Waals surface area contributed by atoms with Crippen molar-refractivity contribution in [3.63, 3.8) is 0 Å². The lowest BCUT2D eigenvalue weighted by molar-refractivity contribution is 0.136. The average molecular weight is 182 g/mol. The van der Waals surface area contributed by atoms with E-state index in [4.69, 9.17) is 10.2 Å². The molecule has 0 aliphatic heterocycles. The van der Waals surface area contributed by atoms with Gasteiger partial charge in [-0.25, -0.2) is 0 Å². The number of aliphatic hydroxyl groups is 2. The molecule has 0 heterocycles. The summed E-state index contributed by atoms with van der Waals surface area (Å²) in [6, 6.07) is 0. The second kappa shape index (κ2) is 6.34. The van der Waals surface area contributed by atoms with E-state index in [2.05, 4.69) is 0 Å². The number of hydrogen-bond acceptors (Lipinski definition) is 4. The monoisotopic (exact) mass is 182 g/mol. The Bertz CT molecular complexity index is 70.1. The molecule has 2 nitrogen and oxygen atoms in total.